The molecule has 0 aromatic carbocycles. The number of hydrogen-bond acceptors (Lipinski definition) is 4. The maximum Gasteiger partial charge on any atom is 0.249 e. The molecule has 0 aliphatic heterocycles. The number of nitrogens with zero attached hydrogens (tertiary/aromatic N) is 3. The van der Waals surface area contributed by atoms with E-state index in [1.807, 2.05) is 30.4 Å². The van der Waals surface area contributed by atoms with E-state index in [2.05, 4.69) is 15.4 Å². The molecule has 3 N–H and O–H groups in total. The van der Waals surface area contributed by atoms with Crippen LogP contribution in [0, 0.1) is 5.92 Å². The van der Waals surface area contributed by atoms with Crippen LogP contribution in [0.3, 0.4) is 0 Å². The predicted octanol–water partition coefficient (Wildman–Crippen LogP) is 2.10. The van der Waals surface area contributed by atoms with E-state index in [4.69, 9.17) is 5.73 Å². The highest BCUT2D eigenvalue weighted by Crippen LogP contribution is 2.30. The lowest BCUT2D eigenvalue weighted by Crippen LogP contribution is -2.14. The summed E-state index contributed by atoms with van der Waals surface area (Å²) >= 11 is 0. The van der Waals surface area contributed by atoms with Gasteiger partial charge in [0.2, 0.25) is 11.9 Å². The van der Waals surface area contributed by atoms with Crippen LogP contribution in [0.2, 0.25) is 0 Å². The number of rotatable bonds is 3. The molecule has 2 aromatic heterocycles. The van der Waals surface area contributed by atoms with Crippen molar-refractivity contribution in [2.45, 2.75) is 25.7 Å². The molecule has 6 heteroatoms. The van der Waals surface area contributed by atoms with Crippen LogP contribution in [0.5, 0.6) is 0 Å². The van der Waals surface area contributed by atoms with Crippen LogP contribution in [0.15, 0.2) is 36.0 Å². The highest BCUT2D eigenvalue weighted by Gasteiger charge is 2.30. The minimum Gasteiger partial charge on any atom is -0.402 e. The molecule has 6 nitrogen and oxygen atoms in total. The van der Waals surface area contributed by atoms with Crippen LogP contribution in [-0.4, -0.2) is 20.5 Å². The van der Waals surface area contributed by atoms with E-state index in [0.717, 1.165) is 42.7 Å². The molecule has 0 bridgehead atoms. The van der Waals surface area contributed by atoms with Gasteiger partial charge in [0.05, 0.1) is 5.69 Å². The molecule has 1 saturated carbocycles. The van der Waals surface area contributed by atoms with E-state index in [9.17, 15) is 4.79 Å². The van der Waals surface area contributed by atoms with Crippen molar-refractivity contribution in [2.75, 3.05) is 5.32 Å². The van der Waals surface area contributed by atoms with Gasteiger partial charge in [0.25, 0.3) is 0 Å². The van der Waals surface area contributed by atoms with Crippen molar-refractivity contribution < 1.29 is 4.79 Å². The van der Waals surface area contributed by atoms with Gasteiger partial charge in [0, 0.05) is 11.6 Å². The van der Waals surface area contributed by atoms with E-state index in [1.54, 1.807) is 4.52 Å². The smallest absolute Gasteiger partial charge is 0.249 e. The standard InChI is InChI=1S/C16H17N5O/c17-12-8-6-10(7-9-12)13-2-1-3-14-18-16(20-21(13)14)19-15(22)11-4-5-11/h1-3,6,8,11H,4-5,7,9,17H2,(H,19,20,22). The van der Waals surface area contributed by atoms with Crippen molar-refractivity contribution in [3.63, 3.8) is 0 Å². The van der Waals surface area contributed by atoms with Crippen molar-refractivity contribution in [1.29, 1.82) is 0 Å². The number of nitrogens with two attached hydrogens (primary N) is 1. The molecule has 0 unspecified atom stereocenters. The maximum atomic E-state index is 11.8. The SMILES string of the molecule is NC1=CC=C(c2cccc3nc(NC(=O)C4CC4)nn23)CC1. The van der Waals surface area contributed by atoms with Crippen molar-refractivity contribution in [3.05, 3.63) is 41.7 Å². The van der Waals surface area contributed by atoms with Gasteiger partial charge in [-0.3, -0.25) is 10.1 Å². The number of hydrogen-bond donors (Lipinski definition) is 2. The predicted molar refractivity (Wildman–Crippen MR) is 83.8 cm³/mol. The monoisotopic (exact) mass is 295 g/mol. The van der Waals surface area contributed by atoms with Gasteiger partial charge in [0.1, 0.15) is 0 Å². The first kappa shape index (κ1) is 13.1. The average molecular weight is 295 g/mol. The zero-order valence-corrected chi connectivity index (χ0v) is 12.1. The van der Waals surface area contributed by atoms with Crippen molar-refractivity contribution in [2.24, 2.45) is 11.7 Å². The lowest BCUT2D eigenvalue weighted by molar-refractivity contribution is -0.117. The van der Waals surface area contributed by atoms with Crippen LogP contribution in [-0.2, 0) is 4.79 Å². The first-order valence-electron chi connectivity index (χ1n) is 7.53. The molecule has 0 atom stereocenters. The van der Waals surface area contributed by atoms with E-state index >= 15 is 0 Å². The first-order chi connectivity index (χ1) is 10.7. The Morgan fingerprint density at radius 2 is 2.14 bits per heavy atom. The molecule has 22 heavy (non-hydrogen) atoms. The summed E-state index contributed by atoms with van der Waals surface area (Å²) in [4.78, 5) is 16.2. The van der Waals surface area contributed by atoms with Gasteiger partial charge < -0.3 is 5.73 Å². The second-order valence-electron chi connectivity index (χ2n) is 5.81. The Labute approximate surface area is 127 Å². The molecule has 0 saturated heterocycles. The van der Waals surface area contributed by atoms with Gasteiger partial charge in [-0.1, -0.05) is 12.1 Å². The summed E-state index contributed by atoms with van der Waals surface area (Å²) in [6.45, 7) is 0. The molecule has 2 heterocycles. The summed E-state index contributed by atoms with van der Waals surface area (Å²) in [6, 6.07) is 5.85. The van der Waals surface area contributed by atoms with E-state index in [0.29, 0.717) is 5.95 Å². The van der Waals surface area contributed by atoms with Gasteiger partial charge in [-0.05, 0) is 49.5 Å². The summed E-state index contributed by atoms with van der Waals surface area (Å²) in [5, 5.41) is 7.23. The second-order valence-corrected chi connectivity index (χ2v) is 5.81. The Morgan fingerprint density at radius 1 is 1.27 bits per heavy atom. The molecular weight excluding hydrogens is 278 g/mol. The molecule has 1 fully saturated rings. The minimum atomic E-state index is 0.0186. The highest BCUT2D eigenvalue weighted by atomic mass is 16.2. The lowest BCUT2D eigenvalue weighted by atomic mass is 10.00. The fourth-order valence-corrected chi connectivity index (χ4v) is 2.63. The molecule has 112 valence electrons. The minimum absolute atomic E-state index is 0.0186. The third kappa shape index (κ3) is 2.36. The third-order valence-corrected chi connectivity index (χ3v) is 4.05. The topological polar surface area (TPSA) is 85.3 Å². The molecule has 2 aromatic rings. The summed E-state index contributed by atoms with van der Waals surface area (Å²) in [7, 11) is 0. The number of amides is 1. The Kier molecular flexibility index (Phi) is 2.96. The number of carbonyl (C=O) groups is 1. The molecule has 0 radical (unpaired) electrons. The number of pyridine rings is 1. The van der Waals surface area contributed by atoms with Crippen molar-refractivity contribution >= 4 is 23.1 Å². The average Bonchev–Trinajstić information content (AvgIpc) is 3.28. The molecule has 2 aliphatic rings. The van der Waals surface area contributed by atoms with Crippen molar-refractivity contribution in [3.8, 4) is 0 Å². The number of fused-ring (bicyclic) bond motifs is 1. The molecule has 0 spiro atoms. The van der Waals surface area contributed by atoms with Crippen molar-refractivity contribution in [1.82, 2.24) is 14.6 Å². The zero-order chi connectivity index (χ0) is 15.1. The summed E-state index contributed by atoms with van der Waals surface area (Å²) in [6.07, 6.45) is 7.62. The van der Waals surface area contributed by atoms with Gasteiger partial charge in [-0.2, -0.15) is 4.98 Å². The summed E-state index contributed by atoms with van der Waals surface area (Å²) < 4.78 is 1.78. The highest BCUT2D eigenvalue weighted by molar-refractivity contribution is 5.92. The molecule has 1 amide bonds. The number of allylic oxidation sites excluding steroid dienone is 4. The van der Waals surface area contributed by atoms with Crippen LogP contribution in [0.1, 0.15) is 31.4 Å². The molecule has 2 aliphatic carbocycles. The quantitative estimate of drug-likeness (QED) is 0.908. The van der Waals surface area contributed by atoms with E-state index in [1.165, 1.54) is 5.57 Å². The number of carbonyl (C=O) groups excluding carboxylic acids is 1. The van der Waals surface area contributed by atoms with Crippen LogP contribution in [0.4, 0.5) is 5.95 Å². The Bertz CT molecular complexity index is 813. The maximum absolute atomic E-state index is 11.8. The Balaban J connectivity index is 1.70. The third-order valence-electron chi connectivity index (χ3n) is 4.05. The second kappa shape index (κ2) is 4.98. The number of aromatic nitrogens is 3. The van der Waals surface area contributed by atoms with Crippen LogP contribution < -0.4 is 11.1 Å². The summed E-state index contributed by atoms with van der Waals surface area (Å²) in [5.74, 6) is 0.529. The van der Waals surface area contributed by atoms with Gasteiger partial charge in [0.15, 0.2) is 5.65 Å². The molecule has 4 rings (SSSR count). The van der Waals surface area contributed by atoms with Gasteiger partial charge >= 0.3 is 0 Å². The van der Waals surface area contributed by atoms with Crippen LogP contribution in [0.25, 0.3) is 11.2 Å². The number of nitrogens with one attached hydrogen (secondary N) is 1. The fourth-order valence-electron chi connectivity index (χ4n) is 2.63. The normalized spacial score (nSPS) is 18.0. The largest absolute Gasteiger partial charge is 0.402 e. The van der Waals surface area contributed by atoms with E-state index in [-0.39, 0.29) is 11.8 Å². The van der Waals surface area contributed by atoms with Gasteiger partial charge in [-0.25, -0.2) is 4.52 Å². The number of anilines is 1. The fraction of sp³-hybridized carbons (Fsp3) is 0.312. The summed E-state index contributed by atoms with van der Waals surface area (Å²) in [5.41, 5.74) is 9.60. The van der Waals surface area contributed by atoms with Gasteiger partial charge in [-0.15, -0.1) is 5.10 Å². The lowest BCUT2D eigenvalue weighted by Gasteiger charge is -2.12. The van der Waals surface area contributed by atoms with Crippen LogP contribution >= 0.6 is 0 Å². The molecular formula is C16H17N5O. The zero-order valence-electron chi connectivity index (χ0n) is 12.1. The van der Waals surface area contributed by atoms with E-state index < -0.39 is 0 Å². The Hall–Kier alpha value is -2.63. The first-order valence-corrected chi connectivity index (χ1v) is 7.53. The Morgan fingerprint density at radius 3 is 2.86 bits per heavy atom.